The number of amides is 1. The summed E-state index contributed by atoms with van der Waals surface area (Å²) in [5.41, 5.74) is 7.34. The van der Waals surface area contributed by atoms with E-state index in [9.17, 15) is 13.6 Å². The fourth-order valence-corrected chi connectivity index (χ4v) is 5.66. The second-order valence-electron chi connectivity index (χ2n) is 8.46. The third-order valence-electron chi connectivity index (χ3n) is 6.19. The number of halogens is 1. The zero-order valence-electron chi connectivity index (χ0n) is 18.5. The summed E-state index contributed by atoms with van der Waals surface area (Å²) >= 11 is 4.16. The summed E-state index contributed by atoms with van der Waals surface area (Å²) in [5.74, 6) is 0.00631. The van der Waals surface area contributed by atoms with Gasteiger partial charge in [-0.05, 0) is 44.4 Å². The van der Waals surface area contributed by atoms with E-state index in [1.807, 2.05) is 19.1 Å². The topological polar surface area (TPSA) is 111 Å². The predicted molar refractivity (Wildman–Crippen MR) is 128 cm³/mol. The number of hydrogen-bond donors (Lipinski definition) is 1. The number of guanidine groups is 1. The van der Waals surface area contributed by atoms with E-state index in [0.29, 0.717) is 37.3 Å². The Morgan fingerprint density at radius 2 is 1.88 bits per heavy atom. The zero-order chi connectivity index (χ0) is 23.8. The maximum atomic E-state index is 13.2. The number of carbonyl (C=O) groups is 1. The molecule has 2 aliphatic heterocycles. The summed E-state index contributed by atoms with van der Waals surface area (Å²) in [6, 6.07) is 12.2. The molecule has 10 heteroatoms. The minimum atomic E-state index is -2.62. The Bertz CT molecular complexity index is 1120. The van der Waals surface area contributed by atoms with Crippen molar-refractivity contribution in [1.29, 1.82) is 0 Å². The van der Waals surface area contributed by atoms with Crippen molar-refractivity contribution < 1.29 is 18.3 Å². The maximum Gasteiger partial charge on any atom is 0.232 e. The van der Waals surface area contributed by atoms with Gasteiger partial charge in [0.1, 0.15) is 0 Å². The minimum absolute atomic E-state index is 0.0409. The molecule has 2 aliphatic rings. The van der Waals surface area contributed by atoms with Crippen LogP contribution >= 0.6 is 11.6 Å². The second-order valence-corrected chi connectivity index (χ2v) is 9.64. The Morgan fingerprint density at radius 1 is 1.21 bits per heavy atom. The van der Waals surface area contributed by atoms with Crippen molar-refractivity contribution in [3.8, 4) is 0 Å². The van der Waals surface area contributed by atoms with E-state index < -0.39 is 16.8 Å². The molecule has 1 fully saturated rings. The van der Waals surface area contributed by atoms with Gasteiger partial charge in [0.25, 0.3) is 0 Å². The normalized spacial score (nSPS) is 22.7. The van der Waals surface area contributed by atoms with Crippen LogP contribution in [0.4, 0.5) is 11.4 Å². The largest absolute Gasteiger partial charge is 0.755 e. The van der Waals surface area contributed by atoms with Crippen molar-refractivity contribution in [2.45, 2.75) is 44.7 Å². The quantitative estimate of drug-likeness (QED) is 0.646. The molecule has 0 radical (unpaired) electrons. The number of rotatable bonds is 5. The smallest absolute Gasteiger partial charge is 0.232 e. The molecule has 1 amide bonds. The maximum absolute atomic E-state index is 13.2. The average molecular weight is 490 g/mol. The number of nitrogens with zero attached hydrogens (tertiary/aromatic N) is 3. The van der Waals surface area contributed by atoms with Crippen molar-refractivity contribution in [3.05, 3.63) is 58.6 Å². The van der Waals surface area contributed by atoms with Gasteiger partial charge in [-0.25, -0.2) is 4.99 Å². The third-order valence-corrected chi connectivity index (χ3v) is 7.28. The summed E-state index contributed by atoms with van der Waals surface area (Å²) in [6.07, 6.45) is 1.48. The van der Waals surface area contributed by atoms with Crippen LogP contribution in [-0.2, 0) is 26.3 Å². The highest BCUT2D eigenvalue weighted by atomic mass is 35.5. The first-order valence-corrected chi connectivity index (χ1v) is 12.1. The third kappa shape index (κ3) is 4.50. The Kier molecular flexibility index (Phi) is 6.76. The van der Waals surface area contributed by atoms with Crippen LogP contribution in [0.15, 0.2) is 47.5 Å². The molecule has 0 aromatic heterocycles. The van der Waals surface area contributed by atoms with E-state index in [4.69, 9.17) is 22.1 Å². The first-order valence-electron chi connectivity index (χ1n) is 10.7. The molecular weight excluding hydrogens is 464 g/mol. The van der Waals surface area contributed by atoms with Crippen LogP contribution in [0.2, 0.25) is 5.02 Å². The van der Waals surface area contributed by atoms with Gasteiger partial charge < -0.3 is 15.0 Å². The lowest BCUT2D eigenvalue weighted by Gasteiger charge is -2.41. The molecule has 2 aromatic rings. The summed E-state index contributed by atoms with van der Waals surface area (Å²) in [6.45, 7) is 4.77. The van der Waals surface area contributed by atoms with E-state index in [1.54, 1.807) is 42.2 Å². The molecule has 0 bridgehead atoms. The molecule has 1 unspecified atom stereocenters. The highest BCUT2D eigenvalue weighted by Crippen LogP contribution is 2.43. The van der Waals surface area contributed by atoms with Crippen LogP contribution < -0.4 is 10.0 Å². The number of nitrogens with two attached hydrogens (primary N) is 1. The first kappa shape index (κ1) is 23.7. The number of anilines is 2. The minimum Gasteiger partial charge on any atom is -0.755 e. The molecule has 0 aliphatic carbocycles. The van der Waals surface area contributed by atoms with Crippen molar-refractivity contribution in [2.24, 2.45) is 10.7 Å². The van der Waals surface area contributed by atoms with Gasteiger partial charge in [-0.15, -0.1) is 0 Å². The molecule has 2 heterocycles. The average Bonchev–Trinajstić information content (AvgIpc) is 2.76. The fraction of sp³-hybridized carbons (Fsp3) is 0.391. The van der Waals surface area contributed by atoms with Gasteiger partial charge in [-0.3, -0.25) is 18.2 Å². The van der Waals surface area contributed by atoms with Crippen LogP contribution in [0.25, 0.3) is 0 Å². The molecule has 8 nitrogen and oxygen atoms in total. The summed E-state index contributed by atoms with van der Waals surface area (Å²) in [4.78, 5) is 19.4. The molecule has 33 heavy (non-hydrogen) atoms. The molecule has 4 rings (SSSR count). The number of aryl methyl sites for hydroxylation is 1. The highest BCUT2D eigenvalue weighted by molar-refractivity contribution is 7.81. The molecule has 1 saturated heterocycles. The number of carbonyl (C=O) groups excluding carboxylic acids is 1. The van der Waals surface area contributed by atoms with Crippen LogP contribution in [0.3, 0.4) is 0 Å². The summed E-state index contributed by atoms with van der Waals surface area (Å²) in [7, 11) is 0. The van der Waals surface area contributed by atoms with Crippen LogP contribution in [-0.4, -0.2) is 44.8 Å². The van der Waals surface area contributed by atoms with Gasteiger partial charge in [0, 0.05) is 24.8 Å². The van der Waals surface area contributed by atoms with Crippen LogP contribution in [0, 0.1) is 6.92 Å². The fourth-order valence-electron chi connectivity index (χ4n) is 4.52. The first-order chi connectivity index (χ1) is 15.7. The molecule has 0 spiro atoms. The Labute approximate surface area is 200 Å². The van der Waals surface area contributed by atoms with E-state index >= 15 is 0 Å². The highest BCUT2D eigenvalue weighted by Gasteiger charge is 2.42. The molecule has 0 saturated carbocycles. The van der Waals surface area contributed by atoms with Gasteiger partial charge in [0.2, 0.25) is 5.91 Å². The second kappa shape index (κ2) is 9.42. The van der Waals surface area contributed by atoms with E-state index in [-0.39, 0.29) is 35.0 Å². The summed E-state index contributed by atoms with van der Waals surface area (Å²) in [5, 5.41) is 0.205. The van der Waals surface area contributed by atoms with E-state index in [2.05, 4.69) is 4.99 Å². The Hall–Kier alpha value is -2.46. The van der Waals surface area contributed by atoms with Crippen molar-refractivity contribution >= 4 is 46.1 Å². The van der Waals surface area contributed by atoms with Gasteiger partial charge >= 0.3 is 0 Å². The van der Waals surface area contributed by atoms with E-state index in [0.717, 1.165) is 9.87 Å². The lowest BCUT2D eigenvalue weighted by atomic mass is 9.86. The SMILES string of the molecule is Cc1ccccc1N(c1cccc([C@]2(C)CC(=O)N(C3CCOCC3)C(N)=N2)c1Cl)S(=O)[O-]. The van der Waals surface area contributed by atoms with Crippen molar-refractivity contribution in [3.63, 3.8) is 0 Å². The number of ether oxygens (including phenoxy) is 1. The van der Waals surface area contributed by atoms with E-state index in [1.165, 1.54) is 0 Å². The monoisotopic (exact) mass is 489 g/mol. The van der Waals surface area contributed by atoms with Crippen molar-refractivity contribution in [1.82, 2.24) is 4.90 Å². The van der Waals surface area contributed by atoms with Gasteiger partial charge in [0.15, 0.2) is 5.96 Å². The van der Waals surface area contributed by atoms with Crippen LogP contribution in [0.1, 0.15) is 37.3 Å². The van der Waals surface area contributed by atoms with Gasteiger partial charge in [-0.1, -0.05) is 41.9 Å². The molecule has 2 atom stereocenters. The molecule has 2 N–H and O–H groups in total. The summed E-state index contributed by atoms with van der Waals surface area (Å²) < 4.78 is 31.0. The predicted octanol–water partition coefficient (Wildman–Crippen LogP) is 3.52. The number of para-hydroxylation sites is 1. The number of aliphatic imine (C=N–C) groups is 1. The van der Waals surface area contributed by atoms with Gasteiger partial charge in [0.05, 0.1) is 39.6 Å². The molecular formula is C23H26ClN4O4S-. The molecule has 176 valence electrons. The molecule has 2 aromatic carbocycles. The zero-order valence-corrected chi connectivity index (χ0v) is 20.1. The van der Waals surface area contributed by atoms with Crippen LogP contribution in [0.5, 0.6) is 0 Å². The Morgan fingerprint density at radius 3 is 2.52 bits per heavy atom. The lowest BCUT2D eigenvalue weighted by Crippen LogP contribution is -2.55. The van der Waals surface area contributed by atoms with Gasteiger partial charge in [-0.2, -0.15) is 0 Å². The number of benzene rings is 2. The van der Waals surface area contributed by atoms with Crippen molar-refractivity contribution in [2.75, 3.05) is 17.5 Å². The standard InChI is InChI=1S/C23H27ClN4O4S/c1-15-6-3-4-8-18(15)28(33(30)31)19-9-5-7-17(21(19)24)23(2)14-20(29)27(22(25)26-23)16-10-12-32-13-11-16/h3-9,16H,10-14H2,1-2H3,(H2,25,26)(H,30,31)/p-1/t23-/m0/s1. The lowest BCUT2D eigenvalue weighted by molar-refractivity contribution is -0.132. The number of hydrogen-bond acceptors (Lipinski definition) is 6. The Balaban J connectivity index is 1.75.